The summed E-state index contributed by atoms with van der Waals surface area (Å²) in [5.41, 5.74) is 8.25. The molecule has 0 saturated carbocycles. The minimum atomic E-state index is -0.270. The van der Waals surface area contributed by atoms with E-state index in [0.29, 0.717) is 0 Å². The van der Waals surface area contributed by atoms with Crippen LogP contribution in [0.3, 0.4) is 0 Å². The van der Waals surface area contributed by atoms with Crippen LogP contribution in [0.1, 0.15) is 37.9 Å². The van der Waals surface area contributed by atoms with E-state index in [4.69, 9.17) is 5.73 Å². The molecule has 0 aliphatic carbocycles. The van der Waals surface area contributed by atoms with Gasteiger partial charge in [-0.1, -0.05) is 45.0 Å². The minimum Gasteiger partial charge on any atom is -0.396 e. The lowest BCUT2D eigenvalue weighted by Gasteiger charge is -2.29. The van der Waals surface area contributed by atoms with E-state index in [0.717, 1.165) is 12.0 Å². The van der Waals surface area contributed by atoms with Gasteiger partial charge in [-0.2, -0.15) is 0 Å². The first kappa shape index (κ1) is 15.4. The van der Waals surface area contributed by atoms with Crippen molar-refractivity contribution in [1.82, 2.24) is 0 Å². The molecule has 0 fully saturated rings. The zero-order chi connectivity index (χ0) is 11.5. The maximum atomic E-state index is 9.25. The molecule has 0 aromatic heterocycles. The molecule has 0 bridgehead atoms. The van der Waals surface area contributed by atoms with E-state index in [1.54, 1.807) is 0 Å². The van der Waals surface area contributed by atoms with E-state index in [1.165, 1.54) is 5.56 Å². The van der Waals surface area contributed by atoms with Crippen LogP contribution < -0.4 is 5.73 Å². The van der Waals surface area contributed by atoms with Crippen LogP contribution in [-0.4, -0.2) is 11.7 Å². The van der Waals surface area contributed by atoms with E-state index in [1.807, 2.05) is 13.8 Å². The molecule has 0 saturated heterocycles. The summed E-state index contributed by atoms with van der Waals surface area (Å²) in [6.07, 6.45) is 1.04. The number of aliphatic hydroxyl groups excluding tert-OH is 1. The molecule has 0 spiro atoms. The first-order valence-electron chi connectivity index (χ1n) is 5.46. The highest BCUT2D eigenvalue weighted by atomic mass is 35.5. The van der Waals surface area contributed by atoms with Crippen LogP contribution in [0.5, 0.6) is 0 Å². The van der Waals surface area contributed by atoms with Crippen LogP contribution in [-0.2, 0) is 6.42 Å². The Balaban J connectivity index is 0.00000225. The fraction of sp³-hybridized carbons (Fsp3) is 0.538. The number of hydrogen-bond acceptors (Lipinski definition) is 2. The monoisotopic (exact) mass is 243 g/mol. The molecule has 1 aromatic rings. The van der Waals surface area contributed by atoms with Crippen LogP contribution >= 0.6 is 12.4 Å². The maximum Gasteiger partial charge on any atom is 0.0500 e. The van der Waals surface area contributed by atoms with Crippen LogP contribution in [0.4, 0.5) is 0 Å². The average molecular weight is 244 g/mol. The Kier molecular flexibility index (Phi) is 6.01. The van der Waals surface area contributed by atoms with Crippen molar-refractivity contribution in [3.8, 4) is 0 Å². The molecule has 0 aliphatic rings. The average Bonchev–Trinajstić information content (AvgIpc) is 2.28. The standard InChI is InChI=1S/C13H21NO.ClH/c1-4-10-5-7-11(8-6-10)12(14)13(2,3)9-15;/h5-8,12,15H,4,9,14H2,1-3H3;1H/t12-;/m1./s1. The van der Waals surface area contributed by atoms with Crippen molar-refractivity contribution in [2.75, 3.05) is 6.61 Å². The third-order valence-corrected chi connectivity index (χ3v) is 3.00. The van der Waals surface area contributed by atoms with Crippen LogP contribution in [0.25, 0.3) is 0 Å². The topological polar surface area (TPSA) is 46.2 Å². The van der Waals surface area contributed by atoms with Crippen molar-refractivity contribution in [3.05, 3.63) is 35.4 Å². The van der Waals surface area contributed by atoms with Crippen molar-refractivity contribution >= 4 is 12.4 Å². The largest absolute Gasteiger partial charge is 0.396 e. The summed E-state index contributed by atoms with van der Waals surface area (Å²) in [6.45, 7) is 6.19. The van der Waals surface area contributed by atoms with Gasteiger partial charge in [0.15, 0.2) is 0 Å². The fourth-order valence-electron chi connectivity index (χ4n) is 1.51. The zero-order valence-electron chi connectivity index (χ0n) is 10.2. The van der Waals surface area contributed by atoms with Crippen molar-refractivity contribution < 1.29 is 5.11 Å². The van der Waals surface area contributed by atoms with Gasteiger partial charge in [0.25, 0.3) is 0 Å². The van der Waals surface area contributed by atoms with Gasteiger partial charge in [0, 0.05) is 18.1 Å². The Bertz CT molecular complexity index is 308. The van der Waals surface area contributed by atoms with E-state index in [-0.39, 0.29) is 30.5 Å². The molecule has 92 valence electrons. The maximum absolute atomic E-state index is 9.25. The summed E-state index contributed by atoms with van der Waals surface area (Å²) in [6, 6.07) is 8.20. The summed E-state index contributed by atoms with van der Waals surface area (Å²) in [5, 5.41) is 9.25. The Morgan fingerprint density at radius 3 is 2.12 bits per heavy atom. The third kappa shape index (κ3) is 3.48. The van der Waals surface area contributed by atoms with Crippen LogP contribution in [0.2, 0.25) is 0 Å². The molecule has 0 unspecified atom stereocenters. The number of aliphatic hydroxyl groups is 1. The first-order valence-corrected chi connectivity index (χ1v) is 5.46. The third-order valence-electron chi connectivity index (χ3n) is 3.00. The number of nitrogens with two attached hydrogens (primary N) is 1. The van der Waals surface area contributed by atoms with Crippen LogP contribution in [0, 0.1) is 5.41 Å². The molecule has 0 radical (unpaired) electrons. The summed E-state index contributed by atoms with van der Waals surface area (Å²) in [5.74, 6) is 0. The van der Waals surface area contributed by atoms with Gasteiger partial charge in [-0.25, -0.2) is 0 Å². The van der Waals surface area contributed by atoms with Gasteiger partial charge in [0.1, 0.15) is 0 Å². The minimum absolute atomic E-state index is 0. The van der Waals surface area contributed by atoms with E-state index in [9.17, 15) is 5.11 Å². The Morgan fingerprint density at radius 1 is 1.25 bits per heavy atom. The molecule has 2 nitrogen and oxygen atoms in total. The van der Waals surface area contributed by atoms with Gasteiger partial charge in [0.05, 0.1) is 0 Å². The normalized spacial score (nSPS) is 13.1. The smallest absolute Gasteiger partial charge is 0.0500 e. The second-order valence-corrected chi connectivity index (χ2v) is 4.72. The van der Waals surface area contributed by atoms with Crippen LogP contribution in [0.15, 0.2) is 24.3 Å². The molecule has 0 aliphatic heterocycles. The van der Waals surface area contributed by atoms with Crippen molar-refractivity contribution in [3.63, 3.8) is 0 Å². The van der Waals surface area contributed by atoms with Crippen molar-refractivity contribution in [1.29, 1.82) is 0 Å². The lowest BCUT2D eigenvalue weighted by molar-refractivity contribution is 0.132. The highest BCUT2D eigenvalue weighted by Gasteiger charge is 2.26. The summed E-state index contributed by atoms with van der Waals surface area (Å²) in [7, 11) is 0. The van der Waals surface area contributed by atoms with Gasteiger partial charge in [-0.15, -0.1) is 12.4 Å². The highest BCUT2D eigenvalue weighted by Crippen LogP contribution is 2.30. The molecule has 0 amide bonds. The SMILES string of the molecule is CCc1ccc([C@@H](N)C(C)(C)CO)cc1.Cl. The first-order chi connectivity index (χ1) is 7.01. The predicted octanol–water partition coefficient (Wildman–Crippen LogP) is 2.69. The lowest BCUT2D eigenvalue weighted by Crippen LogP contribution is -2.32. The molecule has 3 N–H and O–H groups in total. The molecule has 1 rings (SSSR count). The zero-order valence-corrected chi connectivity index (χ0v) is 11.1. The van der Waals surface area contributed by atoms with E-state index < -0.39 is 0 Å². The molecule has 0 heterocycles. The quantitative estimate of drug-likeness (QED) is 0.854. The van der Waals surface area contributed by atoms with Gasteiger partial charge in [-0.3, -0.25) is 0 Å². The summed E-state index contributed by atoms with van der Waals surface area (Å²) >= 11 is 0. The molecule has 3 heteroatoms. The second-order valence-electron chi connectivity index (χ2n) is 4.72. The van der Waals surface area contributed by atoms with Gasteiger partial charge in [-0.05, 0) is 17.5 Å². The molecule has 1 aromatic carbocycles. The Labute approximate surface area is 104 Å². The highest BCUT2D eigenvalue weighted by molar-refractivity contribution is 5.85. The second kappa shape index (κ2) is 6.24. The summed E-state index contributed by atoms with van der Waals surface area (Å²) in [4.78, 5) is 0. The lowest BCUT2D eigenvalue weighted by atomic mass is 9.81. The predicted molar refractivity (Wildman–Crippen MR) is 70.9 cm³/mol. The Hall–Kier alpha value is -0.570. The number of aryl methyl sites for hydroxylation is 1. The fourth-order valence-corrected chi connectivity index (χ4v) is 1.51. The van der Waals surface area contributed by atoms with E-state index in [2.05, 4.69) is 31.2 Å². The molecular weight excluding hydrogens is 222 g/mol. The van der Waals surface area contributed by atoms with Crippen molar-refractivity contribution in [2.24, 2.45) is 11.1 Å². The van der Waals surface area contributed by atoms with Gasteiger partial charge < -0.3 is 10.8 Å². The van der Waals surface area contributed by atoms with Gasteiger partial charge >= 0.3 is 0 Å². The number of halogens is 1. The number of rotatable bonds is 4. The van der Waals surface area contributed by atoms with E-state index >= 15 is 0 Å². The van der Waals surface area contributed by atoms with Gasteiger partial charge in [0.2, 0.25) is 0 Å². The molecule has 1 atom stereocenters. The molecular formula is C13H22ClNO. The van der Waals surface area contributed by atoms with Crippen molar-refractivity contribution in [2.45, 2.75) is 33.2 Å². The number of benzene rings is 1. The molecule has 16 heavy (non-hydrogen) atoms. The summed E-state index contributed by atoms with van der Waals surface area (Å²) < 4.78 is 0. The number of hydrogen-bond donors (Lipinski definition) is 2. The Morgan fingerprint density at radius 2 is 1.75 bits per heavy atom.